The molecule has 1 unspecified atom stereocenters. The van der Waals surface area contributed by atoms with Gasteiger partial charge in [0.1, 0.15) is 12.0 Å². The Morgan fingerprint density at radius 1 is 1.28 bits per heavy atom. The molecule has 0 spiro atoms. The summed E-state index contributed by atoms with van der Waals surface area (Å²) in [6.45, 7) is 0. The van der Waals surface area contributed by atoms with Crippen molar-refractivity contribution in [1.82, 2.24) is 24.7 Å². The van der Waals surface area contributed by atoms with Crippen LogP contribution < -0.4 is 0 Å². The largest absolute Gasteiger partial charge is 0.412 e. The van der Waals surface area contributed by atoms with Crippen LogP contribution in [0.4, 0.5) is 0 Å². The fraction of sp³-hybridized carbons (Fsp3) is 0.412. The first-order valence-corrected chi connectivity index (χ1v) is 8.06. The van der Waals surface area contributed by atoms with Crippen molar-refractivity contribution in [2.75, 3.05) is 0 Å². The molecule has 0 aliphatic heterocycles. The van der Waals surface area contributed by atoms with Gasteiger partial charge in [-0.2, -0.15) is 10.4 Å². The average Bonchev–Trinajstić information content (AvgIpc) is 3.32. The normalized spacial score (nSPS) is 15.3. The van der Waals surface area contributed by atoms with Crippen molar-refractivity contribution in [3.8, 4) is 17.3 Å². The number of fused-ring (bicyclic) bond motifs is 1. The lowest BCUT2D eigenvalue weighted by atomic mass is 9.96. The van der Waals surface area contributed by atoms with E-state index >= 15 is 0 Å². The maximum Gasteiger partial charge on any atom is 0.141 e. The minimum atomic E-state index is 0. The number of nitrogens with one attached hydrogen (secondary N) is 1. The third kappa shape index (κ3) is 3.38. The Kier molecular flexibility index (Phi) is 5.85. The Labute approximate surface area is 145 Å². The molecule has 3 aromatic rings. The number of rotatable bonds is 4. The topological polar surface area (TPSA) is 146 Å². The number of hydrogen-bond donors (Lipinski definition) is 1. The lowest BCUT2D eigenvalue weighted by Gasteiger charge is -2.21. The number of nitriles is 1. The van der Waals surface area contributed by atoms with Gasteiger partial charge in [-0.1, -0.05) is 12.8 Å². The second-order valence-corrected chi connectivity index (χ2v) is 6.15. The number of hydrogen-bond acceptors (Lipinski definition) is 4. The summed E-state index contributed by atoms with van der Waals surface area (Å²) in [4.78, 5) is 11.7. The zero-order chi connectivity index (χ0) is 15.6. The van der Waals surface area contributed by atoms with Gasteiger partial charge < -0.3 is 15.9 Å². The predicted octanol–water partition coefficient (Wildman–Crippen LogP) is 1.82. The third-order valence-electron chi connectivity index (χ3n) is 4.81. The molecule has 132 valence electrons. The maximum atomic E-state index is 9.18. The van der Waals surface area contributed by atoms with E-state index in [-0.39, 0.29) is 17.0 Å². The molecule has 0 saturated heterocycles. The highest BCUT2D eigenvalue weighted by atomic mass is 16.0. The minimum absolute atomic E-state index is 0. The van der Waals surface area contributed by atoms with Gasteiger partial charge in [0.25, 0.3) is 0 Å². The molecule has 1 aliphatic carbocycles. The second kappa shape index (κ2) is 7.88. The molecule has 0 radical (unpaired) electrons. The summed E-state index contributed by atoms with van der Waals surface area (Å²) in [7, 11) is 0. The Hall–Kier alpha value is -2.76. The van der Waals surface area contributed by atoms with Crippen LogP contribution >= 0.6 is 0 Å². The van der Waals surface area contributed by atoms with Crippen LogP contribution in [0.5, 0.6) is 0 Å². The van der Waals surface area contributed by atoms with Gasteiger partial charge in [-0.3, -0.25) is 4.68 Å². The van der Waals surface area contributed by atoms with Crippen molar-refractivity contribution in [1.29, 1.82) is 5.26 Å². The smallest absolute Gasteiger partial charge is 0.141 e. The Balaban J connectivity index is 0.00000113. The molecular weight excluding hydrogens is 320 g/mol. The minimum Gasteiger partial charge on any atom is -0.412 e. The molecule has 5 N–H and O–H groups in total. The highest BCUT2D eigenvalue weighted by Crippen LogP contribution is 2.36. The van der Waals surface area contributed by atoms with Crippen LogP contribution in [0.2, 0.25) is 0 Å². The Morgan fingerprint density at radius 2 is 2.08 bits per heavy atom. The summed E-state index contributed by atoms with van der Waals surface area (Å²) in [6, 6.07) is 4.47. The van der Waals surface area contributed by atoms with Crippen LogP contribution in [-0.2, 0) is 0 Å². The molecule has 4 rings (SSSR count). The van der Waals surface area contributed by atoms with Gasteiger partial charge in [0, 0.05) is 23.3 Å². The van der Waals surface area contributed by atoms with E-state index < -0.39 is 0 Å². The van der Waals surface area contributed by atoms with Crippen molar-refractivity contribution < 1.29 is 11.0 Å². The quantitative estimate of drug-likeness (QED) is 0.770. The first-order valence-electron chi connectivity index (χ1n) is 8.06. The van der Waals surface area contributed by atoms with Crippen molar-refractivity contribution in [3.05, 3.63) is 31.0 Å². The molecule has 25 heavy (non-hydrogen) atoms. The molecule has 3 heterocycles. The first-order chi connectivity index (χ1) is 11.4. The molecule has 0 aromatic carbocycles. The summed E-state index contributed by atoms with van der Waals surface area (Å²) >= 11 is 0. The van der Waals surface area contributed by atoms with E-state index in [2.05, 4.69) is 26.1 Å². The number of H-pyrrole nitrogens is 1. The van der Waals surface area contributed by atoms with Crippen LogP contribution in [-0.4, -0.2) is 35.7 Å². The van der Waals surface area contributed by atoms with Crippen molar-refractivity contribution in [2.45, 2.75) is 38.1 Å². The zero-order valence-corrected chi connectivity index (χ0v) is 13.8. The third-order valence-corrected chi connectivity index (χ3v) is 4.81. The molecule has 1 aliphatic rings. The first kappa shape index (κ1) is 18.6. The lowest BCUT2D eigenvalue weighted by Crippen LogP contribution is -2.17. The van der Waals surface area contributed by atoms with E-state index in [9.17, 15) is 5.26 Å². The van der Waals surface area contributed by atoms with Crippen LogP contribution in [0.15, 0.2) is 31.0 Å². The lowest BCUT2D eigenvalue weighted by molar-refractivity contribution is 0.315. The summed E-state index contributed by atoms with van der Waals surface area (Å²) in [5.41, 5.74) is 2.68. The average molecular weight is 342 g/mol. The van der Waals surface area contributed by atoms with E-state index in [4.69, 9.17) is 0 Å². The summed E-state index contributed by atoms with van der Waals surface area (Å²) < 4.78 is 1.97. The van der Waals surface area contributed by atoms with Crippen LogP contribution in [0.25, 0.3) is 22.3 Å². The molecule has 1 saturated carbocycles. The molecule has 8 nitrogen and oxygen atoms in total. The van der Waals surface area contributed by atoms with Crippen molar-refractivity contribution in [2.24, 2.45) is 5.92 Å². The highest BCUT2D eigenvalue weighted by molar-refractivity contribution is 5.89. The highest BCUT2D eigenvalue weighted by Gasteiger charge is 2.27. The van der Waals surface area contributed by atoms with Crippen molar-refractivity contribution >= 4 is 11.0 Å². The summed E-state index contributed by atoms with van der Waals surface area (Å²) in [5.74, 6) is 0.556. The monoisotopic (exact) mass is 342 g/mol. The fourth-order valence-electron chi connectivity index (χ4n) is 3.66. The fourth-order valence-corrected chi connectivity index (χ4v) is 3.66. The standard InChI is InChI=1S/C17H18N6.2H2O/c18-7-5-15(12-3-1-2-4-12)23-10-13(9-22-23)16-14-6-8-19-17(14)21-11-20-16;;/h6,8-12,15H,1-5H2,(H,19,20,21);2*1H2. The molecule has 1 atom stereocenters. The van der Waals surface area contributed by atoms with Crippen LogP contribution in [0.1, 0.15) is 38.1 Å². The maximum absolute atomic E-state index is 9.18. The van der Waals surface area contributed by atoms with Gasteiger partial charge in [0.15, 0.2) is 0 Å². The summed E-state index contributed by atoms with van der Waals surface area (Å²) in [6.07, 6.45) is 12.7. The van der Waals surface area contributed by atoms with E-state index in [0.717, 1.165) is 22.3 Å². The van der Waals surface area contributed by atoms with E-state index in [1.54, 1.807) is 6.33 Å². The van der Waals surface area contributed by atoms with Gasteiger partial charge >= 0.3 is 0 Å². The van der Waals surface area contributed by atoms with E-state index in [1.165, 1.54) is 25.7 Å². The van der Waals surface area contributed by atoms with Gasteiger partial charge in [-0.05, 0) is 24.8 Å². The number of aromatic nitrogens is 5. The van der Waals surface area contributed by atoms with Crippen molar-refractivity contribution in [3.63, 3.8) is 0 Å². The summed E-state index contributed by atoms with van der Waals surface area (Å²) in [5, 5.41) is 14.7. The molecule has 0 bridgehead atoms. The SMILES string of the molecule is N#CCC(C1CCCC1)n1cc(-c2ncnc3[nH]ccc23)cn1.O.O. The zero-order valence-electron chi connectivity index (χ0n) is 13.8. The van der Waals surface area contributed by atoms with E-state index in [0.29, 0.717) is 12.3 Å². The molecule has 8 heteroatoms. The van der Waals surface area contributed by atoms with E-state index in [1.807, 2.05) is 29.3 Å². The van der Waals surface area contributed by atoms with Gasteiger partial charge in [-0.25, -0.2) is 9.97 Å². The molecule has 1 fully saturated rings. The Bertz CT molecular complexity index is 859. The van der Waals surface area contributed by atoms with Gasteiger partial charge in [0.05, 0.1) is 30.4 Å². The second-order valence-electron chi connectivity index (χ2n) is 6.15. The van der Waals surface area contributed by atoms with Gasteiger partial charge in [0.2, 0.25) is 0 Å². The van der Waals surface area contributed by atoms with Crippen LogP contribution in [0, 0.1) is 17.2 Å². The molecule has 0 amide bonds. The van der Waals surface area contributed by atoms with Crippen LogP contribution in [0.3, 0.4) is 0 Å². The van der Waals surface area contributed by atoms with Gasteiger partial charge in [-0.15, -0.1) is 0 Å². The number of aromatic amines is 1. The Morgan fingerprint density at radius 3 is 2.84 bits per heavy atom. The predicted molar refractivity (Wildman–Crippen MR) is 93.6 cm³/mol. The molecular formula is C17H22N6O2. The molecule has 3 aromatic heterocycles. The number of nitrogens with zero attached hydrogens (tertiary/aromatic N) is 5.